The summed E-state index contributed by atoms with van der Waals surface area (Å²) in [6.07, 6.45) is 2.18. The van der Waals surface area contributed by atoms with Gasteiger partial charge in [0.2, 0.25) is 5.91 Å². The third-order valence-corrected chi connectivity index (χ3v) is 2.44. The minimum atomic E-state index is -0.149. The molecule has 0 bridgehead atoms. The van der Waals surface area contributed by atoms with Crippen molar-refractivity contribution in [3.05, 3.63) is 5.82 Å². The maximum atomic E-state index is 11.6. The lowest BCUT2D eigenvalue weighted by Gasteiger charge is -2.16. The van der Waals surface area contributed by atoms with E-state index in [0.29, 0.717) is 6.04 Å². The summed E-state index contributed by atoms with van der Waals surface area (Å²) in [5.74, 6) is 0.721. The smallest absolute Gasteiger partial charge is 0.242 e. The molecule has 0 spiro atoms. The Kier molecular flexibility index (Phi) is 2.65. The molecule has 0 radical (unpaired) electrons. The van der Waals surface area contributed by atoms with Crippen molar-refractivity contribution < 1.29 is 4.79 Å². The standard InChI is InChI=1S/C10H17N5O/c1-10(2,3)9-12-13-14-15(9)6-8(16)11-7-4-5-7/h7H,4-6H2,1-3H3,(H,11,16). The number of hydrogen-bond donors (Lipinski definition) is 1. The van der Waals surface area contributed by atoms with Gasteiger partial charge in [0.25, 0.3) is 0 Å². The van der Waals surface area contributed by atoms with E-state index < -0.39 is 0 Å². The van der Waals surface area contributed by atoms with Crippen LogP contribution in [0.3, 0.4) is 0 Å². The van der Waals surface area contributed by atoms with E-state index >= 15 is 0 Å². The number of tetrazole rings is 1. The lowest BCUT2D eigenvalue weighted by atomic mass is 9.96. The molecule has 1 saturated carbocycles. The van der Waals surface area contributed by atoms with Crippen molar-refractivity contribution in [2.75, 3.05) is 0 Å². The molecule has 0 saturated heterocycles. The van der Waals surface area contributed by atoms with Gasteiger partial charge >= 0.3 is 0 Å². The van der Waals surface area contributed by atoms with Gasteiger partial charge in [-0.2, -0.15) is 0 Å². The first-order valence-electron chi connectivity index (χ1n) is 5.53. The number of carbonyl (C=O) groups excluding carboxylic acids is 1. The largest absolute Gasteiger partial charge is 0.352 e. The number of aromatic nitrogens is 4. The van der Waals surface area contributed by atoms with Gasteiger partial charge in [-0.05, 0) is 23.3 Å². The molecule has 1 fully saturated rings. The molecule has 0 aliphatic heterocycles. The van der Waals surface area contributed by atoms with Crippen LogP contribution in [0.4, 0.5) is 0 Å². The molecular formula is C10H17N5O. The second-order valence-electron chi connectivity index (χ2n) is 5.25. The highest BCUT2D eigenvalue weighted by molar-refractivity contribution is 5.76. The van der Waals surface area contributed by atoms with E-state index in [1.165, 1.54) is 0 Å². The van der Waals surface area contributed by atoms with Crippen molar-refractivity contribution in [1.29, 1.82) is 0 Å². The molecule has 88 valence electrons. The highest BCUT2D eigenvalue weighted by Crippen LogP contribution is 2.20. The SMILES string of the molecule is CC(C)(C)c1nnnn1CC(=O)NC1CC1. The Morgan fingerprint density at radius 3 is 2.75 bits per heavy atom. The fourth-order valence-corrected chi connectivity index (χ4v) is 1.49. The van der Waals surface area contributed by atoms with E-state index in [1.54, 1.807) is 4.68 Å². The summed E-state index contributed by atoms with van der Waals surface area (Å²) < 4.78 is 1.57. The fraction of sp³-hybridized carbons (Fsp3) is 0.800. The van der Waals surface area contributed by atoms with E-state index in [0.717, 1.165) is 18.7 Å². The van der Waals surface area contributed by atoms with Gasteiger partial charge in [0, 0.05) is 11.5 Å². The molecular weight excluding hydrogens is 206 g/mol. The van der Waals surface area contributed by atoms with Crippen LogP contribution in [0.1, 0.15) is 39.4 Å². The van der Waals surface area contributed by atoms with Crippen LogP contribution >= 0.6 is 0 Å². The molecule has 1 aliphatic carbocycles. The summed E-state index contributed by atoms with van der Waals surface area (Å²) >= 11 is 0. The number of rotatable bonds is 3. The average Bonchev–Trinajstić information content (AvgIpc) is 2.80. The Hall–Kier alpha value is -1.46. The van der Waals surface area contributed by atoms with Gasteiger partial charge in [0.1, 0.15) is 6.54 Å². The van der Waals surface area contributed by atoms with Crippen LogP contribution in [0.5, 0.6) is 0 Å². The van der Waals surface area contributed by atoms with Crippen molar-refractivity contribution in [2.45, 2.75) is 51.6 Å². The monoisotopic (exact) mass is 223 g/mol. The number of amides is 1. The zero-order valence-corrected chi connectivity index (χ0v) is 9.90. The molecule has 16 heavy (non-hydrogen) atoms. The van der Waals surface area contributed by atoms with E-state index in [4.69, 9.17) is 0 Å². The van der Waals surface area contributed by atoms with Crippen molar-refractivity contribution in [2.24, 2.45) is 0 Å². The van der Waals surface area contributed by atoms with Crippen LogP contribution in [0, 0.1) is 0 Å². The molecule has 1 N–H and O–H groups in total. The molecule has 2 rings (SSSR count). The molecule has 1 aromatic rings. The van der Waals surface area contributed by atoms with Crippen molar-refractivity contribution in [3.63, 3.8) is 0 Å². The Labute approximate surface area is 94.4 Å². The molecule has 1 amide bonds. The normalized spacial score (nSPS) is 16.2. The maximum Gasteiger partial charge on any atom is 0.242 e. The quantitative estimate of drug-likeness (QED) is 0.797. The van der Waals surface area contributed by atoms with Gasteiger partial charge in [-0.1, -0.05) is 20.8 Å². The Bertz CT molecular complexity index is 388. The molecule has 6 heteroatoms. The number of nitrogens with one attached hydrogen (secondary N) is 1. The summed E-state index contributed by atoms with van der Waals surface area (Å²) in [5, 5.41) is 14.3. The molecule has 0 atom stereocenters. The second kappa shape index (κ2) is 3.84. The zero-order chi connectivity index (χ0) is 11.8. The van der Waals surface area contributed by atoms with E-state index in [2.05, 4.69) is 20.8 Å². The highest BCUT2D eigenvalue weighted by Gasteiger charge is 2.26. The van der Waals surface area contributed by atoms with Crippen LogP contribution in [0.2, 0.25) is 0 Å². The fourth-order valence-electron chi connectivity index (χ4n) is 1.49. The molecule has 6 nitrogen and oxygen atoms in total. The van der Waals surface area contributed by atoms with Gasteiger partial charge in [0.05, 0.1) is 0 Å². The van der Waals surface area contributed by atoms with E-state index in [9.17, 15) is 4.79 Å². The molecule has 1 aliphatic rings. The van der Waals surface area contributed by atoms with Crippen LogP contribution in [-0.4, -0.2) is 32.2 Å². The van der Waals surface area contributed by atoms with E-state index in [-0.39, 0.29) is 17.9 Å². The third kappa shape index (κ3) is 2.56. The predicted molar refractivity (Wildman–Crippen MR) is 57.7 cm³/mol. The average molecular weight is 223 g/mol. The van der Waals surface area contributed by atoms with Crippen LogP contribution in [0.25, 0.3) is 0 Å². The number of hydrogen-bond acceptors (Lipinski definition) is 4. The summed E-state index contributed by atoms with van der Waals surface area (Å²) in [6.45, 7) is 6.27. The van der Waals surface area contributed by atoms with Gasteiger partial charge in [0.15, 0.2) is 5.82 Å². The minimum Gasteiger partial charge on any atom is -0.352 e. The Morgan fingerprint density at radius 2 is 2.19 bits per heavy atom. The summed E-state index contributed by atoms with van der Waals surface area (Å²) in [5.41, 5.74) is -0.149. The topological polar surface area (TPSA) is 72.7 Å². The van der Waals surface area contributed by atoms with E-state index in [1.807, 2.05) is 20.8 Å². The first-order valence-corrected chi connectivity index (χ1v) is 5.53. The molecule has 1 heterocycles. The van der Waals surface area contributed by atoms with Gasteiger partial charge in [-0.3, -0.25) is 4.79 Å². The molecule has 0 unspecified atom stereocenters. The second-order valence-corrected chi connectivity index (χ2v) is 5.25. The lowest BCUT2D eigenvalue weighted by molar-refractivity contribution is -0.122. The van der Waals surface area contributed by atoms with Crippen LogP contribution in [0.15, 0.2) is 0 Å². The predicted octanol–water partition coefficient (Wildman–Crippen LogP) is 0.249. The molecule has 1 aromatic heterocycles. The van der Waals surface area contributed by atoms with Crippen LogP contribution in [-0.2, 0) is 16.8 Å². The number of carbonyl (C=O) groups is 1. The Balaban J connectivity index is 2.03. The Morgan fingerprint density at radius 1 is 1.50 bits per heavy atom. The van der Waals surface area contributed by atoms with Gasteiger partial charge in [-0.25, -0.2) is 4.68 Å². The first kappa shape index (κ1) is 11.0. The maximum absolute atomic E-state index is 11.6. The van der Waals surface area contributed by atoms with Crippen molar-refractivity contribution in [3.8, 4) is 0 Å². The van der Waals surface area contributed by atoms with Crippen molar-refractivity contribution in [1.82, 2.24) is 25.5 Å². The van der Waals surface area contributed by atoms with Gasteiger partial charge in [-0.15, -0.1) is 5.10 Å². The third-order valence-electron chi connectivity index (χ3n) is 2.44. The lowest BCUT2D eigenvalue weighted by Crippen LogP contribution is -2.32. The minimum absolute atomic E-state index is 0.0136. The highest BCUT2D eigenvalue weighted by atomic mass is 16.2. The van der Waals surface area contributed by atoms with Crippen LogP contribution < -0.4 is 5.32 Å². The number of nitrogens with zero attached hydrogens (tertiary/aromatic N) is 4. The van der Waals surface area contributed by atoms with Gasteiger partial charge < -0.3 is 5.32 Å². The van der Waals surface area contributed by atoms with Crippen molar-refractivity contribution >= 4 is 5.91 Å². The summed E-state index contributed by atoms with van der Waals surface area (Å²) in [7, 11) is 0. The summed E-state index contributed by atoms with van der Waals surface area (Å²) in [4.78, 5) is 11.6. The molecule has 0 aromatic carbocycles. The summed E-state index contributed by atoms with van der Waals surface area (Å²) in [6, 6.07) is 0.377. The zero-order valence-electron chi connectivity index (χ0n) is 9.90. The first-order chi connectivity index (χ1) is 7.47.